The summed E-state index contributed by atoms with van der Waals surface area (Å²) in [6.45, 7) is 0. The topological polar surface area (TPSA) is 0 Å². The molecule has 6 heavy (non-hydrogen) atoms. The average Bonchev–Trinajstić information content (AvgIpc) is 1.36. The van der Waals surface area contributed by atoms with Crippen LogP contribution in [-0.4, -0.2) is 0 Å². The van der Waals surface area contributed by atoms with E-state index in [-0.39, 0.29) is 5.57 Å². The first kappa shape index (κ1) is 7.56. The van der Waals surface area contributed by atoms with E-state index >= 15 is 0 Å². The Morgan fingerprint density at radius 2 is 1.67 bits per heavy atom. The van der Waals surface area contributed by atoms with E-state index in [1.54, 1.807) is 0 Å². The van der Waals surface area contributed by atoms with Gasteiger partial charge in [-0.1, -0.05) is 9.24 Å². The summed E-state index contributed by atoms with van der Waals surface area (Å²) < 4.78 is 12.3. The van der Waals surface area contributed by atoms with Crippen molar-refractivity contribution in [2.75, 3.05) is 0 Å². The van der Waals surface area contributed by atoms with Gasteiger partial charge in [0.15, 0.2) is 0 Å². The maximum atomic E-state index is 11.7. The molecule has 4 heteroatoms. The highest BCUT2D eigenvalue weighted by Gasteiger charge is 1.85. The first-order valence-corrected chi connectivity index (χ1v) is 3.84. The predicted molar refractivity (Wildman–Crippen MR) is 45.9 cm³/mol. The molecule has 0 heterocycles. The minimum absolute atomic E-state index is 0.184. The van der Waals surface area contributed by atoms with Crippen LogP contribution in [0.4, 0.5) is 4.39 Å². The van der Waals surface area contributed by atoms with Gasteiger partial charge in [-0.2, -0.15) is 0 Å². The van der Waals surface area contributed by atoms with Crippen LogP contribution >= 0.6 is 54.4 Å². The van der Waals surface area contributed by atoms with Gasteiger partial charge >= 0.3 is 0 Å². The summed E-state index contributed by atoms with van der Waals surface area (Å²) in [6, 6.07) is 0. The number of rotatable bonds is 0. The second kappa shape index (κ2) is 3.55. The van der Waals surface area contributed by atoms with Crippen molar-refractivity contribution in [3.8, 4) is 0 Å². The zero-order valence-electron chi connectivity index (χ0n) is 2.71. The van der Waals surface area contributed by atoms with Crippen molar-refractivity contribution in [3.05, 3.63) is 7.15 Å². The first-order valence-electron chi connectivity index (χ1n) is 1.11. The lowest BCUT2D eigenvalue weighted by Crippen LogP contribution is -1.46. The molecule has 36 valence electrons. The lowest BCUT2D eigenvalue weighted by Gasteiger charge is -1.78. The summed E-state index contributed by atoms with van der Waals surface area (Å²) in [5, 5.41) is 0. The highest BCUT2D eigenvalue weighted by molar-refractivity contribution is 14.2. The fraction of sp³-hybridized carbons (Fsp3) is 0. The van der Waals surface area contributed by atoms with Crippen molar-refractivity contribution < 1.29 is 4.39 Å². The van der Waals surface area contributed by atoms with Crippen molar-refractivity contribution in [2.45, 2.75) is 0 Å². The Hall–Kier alpha value is 1.56. The number of halogens is 3. The lowest BCUT2D eigenvalue weighted by molar-refractivity contribution is 0.702. The fourth-order valence-electron chi connectivity index (χ4n) is 0. The monoisotopic (exact) mass is 330 g/mol. The molecule has 0 nitrogen and oxygen atoms in total. The van der Waals surface area contributed by atoms with Gasteiger partial charge in [0, 0.05) is 0 Å². The van der Waals surface area contributed by atoms with Crippen molar-refractivity contribution in [3.63, 3.8) is 0 Å². The van der Waals surface area contributed by atoms with Gasteiger partial charge < -0.3 is 0 Å². The van der Waals surface area contributed by atoms with Crippen LogP contribution in [0.5, 0.6) is 0 Å². The summed E-state index contributed by atoms with van der Waals surface area (Å²) in [7, 11) is 1.97. The van der Waals surface area contributed by atoms with Gasteiger partial charge in [0.05, 0.1) is 1.59 Å². The molecule has 0 N–H and O–H groups in total. The van der Waals surface area contributed by atoms with Gasteiger partial charge in [0.2, 0.25) is 0 Å². The molecule has 0 aliphatic carbocycles. The highest BCUT2D eigenvalue weighted by atomic mass is 127. The standard InChI is InChI=1S/C2H2FI2P/c3-1(6)2(4)5/h6H2. The molecule has 0 aromatic carbocycles. The van der Waals surface area contributed by atoms with Crippen LogP contribution in [0.15, 0.2) is 7.15 Å². The summed E-state index contributed by atoms with van der Waals surface area (Å²) >= 11 is 3.81. The number of hydrogen-bond acceptors (Lipinski definition) is 0. The maximum absolute atomic E-state index is 11.7. The molecule has 0 saturated heterocycles. The molecular formula is C2H2FI2P. The van der Waals surface area contributed by atoms with Crippen LogP contribution in [-0.2, 0) is 0 Å². The van der Waals surface area contributed by atoms with Crippen molar-refractivity contribution in [1.29, 1.82) is 0 Å². The molecule has 1 unspecified atom stereocenters. The minimum atomic E-state index is -0.184. The average molecular weight is 330 g/mol. The SMILES string of the molecule is FC(P)=C(I)I. The summed E-state index contributed by atoms with van der Waals surface area (Å²) in [5.74, 6) is 0. The Balaban J connectivity index is 3.68. The van der Waals surface area contributed by atoms with Crippen molar-refractivity contribution >= 4 is 54.4 Å². The largest absolute Gasteiger partial charge is 0.206 e. The van der Waals surface area contributed by atoms with Gasteiger partial charge in [-0.05, 0) is 45.2 Å². The highest BCUT2D eigenvalue weighted by Crippen LogP contribution is 2.25. The van der Waals surface area contributed by atoms with Gasteiger partial charge in [0.25, 0.3) is 0 Å². The minimum Gasteiger partial charge on any atom is -0.206 e. The molecule has 0 bridgehead atoms. The van der Waals surface area contributed by atoms with E-state index in [4.69, 9.17) is 0 Å². The Morgan fingerprint density at radius 3 is 1.67 bits per heavy atom. The first-order chi connectivity index (χ1) is 2.64. The molecule has 0 amide bonds. The van der Waals surface area contributed by atoms with E-state index in [2.05, 4.69) is 0 Å². The molecule has 0 aliphatic rings. The second-order valence-electron chi connectivity index (χ2n) is 0.608. The van der Waals surface area contributed by atoms with Crippen molar-refractivity contribution in [1.82, 2.24) is 0 Å². The molecule has 0 aliphatic heterocycles. The Labute approximate surface area is 65.4 Å². The van der Waals surface area contributed by atoms with E-state index in [0.717, 1.165) is 0 Å². The van der Waals surface area contributed by atoms with Crippen molar-refractivity contribution in [2.24, 2.45) is 0 Å². The third-order valence-corrected chi connectivity index (χ3v) is 2.67. The third kappa shape index (κ3) is 3.74. The quantitative estimate of drug-likeness (QED) is 0.473. The van der Waals surface area contributed by atoms with E-state index in [1.807, 2.05) is 54.4 Å². The molecule has 0 fully saturated rings. The smallest absolute Gasteiger partial charge is 0.135 e. The molecule has 0 aromatic heterocycles. The zero-order valence-corrected chi connectivity index (χ0v) is 8.18. The van der Waals surface area contributed by atoms with Gasteiger partial charge in [-0.3, -0.25) is 0 Å². The summed E-state index contributed by atoms with van der Waals surface area (Å²) in [6.07, 6.45) is 0. The Morgan fingerprint density at radius 1 is 1.50 bits per heavy atom. The second-order valence-corrected chi connectivity index (χ2v) is 5.34. The lowest BCUT2D eigenvalue weighted by atomic mass is 11.2. The Kier molecular flexibility index (Phi) is 4.47. The third-order valence-electron chi connectivity index (χ3n) is 0.181. The zero-order chi connectivity index (χ0) is 5.15. The molecule has 1 atom stereocenters. The van der Waals surface area contributed by atoms with Gasteiger partial charge in [0.1, 0.15) is 5.57 Å². The summed E-state index contributed by atoms with van der Waals surface area (Å²) in [5.41, 5.74) is -0.184. The maximum Gasteiger partial charge on any atom is 0.135 e. The molecule has 0 rings (SSSR count). The van der Waals surface area contributed by atoms with Crippen LogP contribution in [0.2, 0.25) is 0 Å². The van der Waals surface area contributed by atoms with E-state index in [0.29, 0.717) is 1.59 Å². The van der Waals surface area contributed by atoms with Crippen LogP contribution in [0.3, 0.4) is 0 Å². The van der Waals surface area contributed by atoms with E-state index < -0.39 is 0 Å². The van der Waals surface area contributed by atoms with Crippen LogP contribution in [0, 0.1) is 0 Å². The van der Waals surface area contributed by atoms with Crippen LogP contribution in [0.1, 0.15) is 0 Å². The summed E-state index contributed by atoms with van der Waals surface area (Å²) in [4.78, 5) is 0. The van der Waals surface area contributed by atoms with Crippen LogP contribution < -0.4 is 0 Å². The van der Waals surface area contributed by atoms with E-state index in [1.165, 1.54) is 0 Å². The van der Waals surface area contributed by atoms with Crippen LogP contribution in [0.25, 0.3) is 0 Å². The molecule has 0 aromatic rings. The predicted octanol–water partition coefficient (Wildman–Crippen LogP) is 2.83. The molecule has 0 saturated carbocycles. The molecule has 0 spiro atoms. The normalized spacial score (nSPS) is 8.00. The van der Waals surface area contributed by atoms with Gasteiger partial charge in [-0.15, -0.1) is 0 Å². The number of hydrogen-bond donors (Lipinski definition) is 0. The van der Waals surface area contributed by atoms with E-state index in [9.17, 15) is 4.39 Å². The Bertz CT molecular complexity index is 61.6. The molecule has 0 radical (unpaired) electrons. The molecular weight excluding hydrogens is 328 g/mol. The van der Waals surface area contributed by atoms with Gasteiger partial charge in [-0.25, -0.2) is 4.39 Å². The fourth-order valence-corrected chi connectivity index (χ4v) is 0.